The lowest BCUT2D eigenvalue weighted by atomic mass is 10.1. The van der Waals surface area contributed by atoms with E-state index in [-0.39, 0.29) is 11.8 Å². The molecule has 0 saturated heterocycles. The first-order chi connectivity index (χ1) is 10.1. The normalized spacial score (nSPS) is 15.1. The lowest BCUT2D eigenvalue weighted by Crippen LogP contribution is -2.01. The first-order valence-electron chi connectivity index (χ1n) is 6.45. The van der Waals surface area contributed by atoms with Crippen LogP contribution in [0.5, 0.6) is 5.75 Å². The Balaban J connectivity index is 1.90. The van der Waals surface area contributed by atoms with Crippen LogP contribution in [0.3, 0.4) is 0 Å². The molecule has 0 bridgehead atoms. The van der Waals surface area contributed by atoms with Gasteiger partial charge in [-0.05, 0) is 35.9 Å². The molecule has 0 saturated carbocycles. The summed E-state index contributed by atoms with van der Waals surface area (Å²) in [5.74, 6) is 0.150. The third-order valence-electron chi connectivity index (χ3n) is 2.99. The second-order valence-corrected chi connectivity index (χ2v) is 5.69. The summed E-state index contributed by atoms with van der Waals surface area (Å²) in [5, 5.41) is 0. The van der Waals surface area contributed by atoms with Crippen LogP contribution in [0.4, 0.5) is 0 Å². The summed E-state index contributed by atoms with van der Waals surface area (Å²) >= 11 is 1.46. The van der Waals surface area contributed by atoms with E-state index in [0.29, 0.717) is 10.7 Å². The predicted octanol–water partition coefficient (Wildman–Crippen LogP) is 3.94. The highest BCUT2D eigenvalue weighted by molar-refractivity contribution is 8.04. The van der Waals surface area contributed by atoms with Crippen molar-refractivity contribution in [2.24, 2.45) is 0 Å². The molecule has 1 heterocycles. The molecule has 0 atom stereocenters. The van der Waals surface area contributed by atoms with E-state index in [4.69, 9.17) is 4.74 Å². The number of hydrogen-bond acceptors (Lipinski definition) is 4. The number of esters is 1. The molecular formula is C17H12O3S. The van der Waals surface area contributed by atoms with Gasteiger partial charge in [0.05, 0.1) is 4.91 Å². The van der Waals surface area contributed by atoms with Gasteiger partial charge in [-0.1, -0.05) is 36.0 Å². The lowest BCUT2D eigenvalue weighted by Gasteiger charge is -2.02. The fourth-order valence-corrected chi connectivity index (χ4v) is 3.17. The summed E-state index contributed by atoms with van der Waals surface area (Å²) in [6.45, 7) is 1.36. The highest BCUT2D eigenvalue weighted by Gasteiger charge is 2.25. The number of ether oxygens (including phenoxy) is 1. The zero-order valence-electron chi connectivity index (χ0n) is 11.3. The average molecular weight is 296 g/mol. The summed E-state index contributed by atoms with van der Waals surface area (Å²) < 4.78 is 5.05. The van der Waals surface area contributed by atoms with Crippen LogP contribution in [0.2, 0.25) is 0 Å². The number of benzene rings is 2. The fraction of sp³-hybridized carbons (Fsp3) is 0.0588. The number of ketones is 1. The minimum absolute atomic E-state index is 0.0356. The molecule has 21 heavy (non-hydrogen) atoms. The fourth-order valence-electron chi connectivity index (χ4n) is 2.12. The van der Waals surface area contributed by atoms with Gasteiger partial charge in [-0.3, -0.25) is 9.59 Å². The van der Waals surface area contributed by atoms with Crippen molar-refractivity contribution in [3.05, 3.63) is 64.6 Å². The maximum Gasteiger partial charge on any atom is 0.308 e. The molecule has 0 aliphatic carbocycles. The summed E-state index contributed by atoms with van der Waals surface area (Å²) in [6.07, 6.45) is 1.82. The number of hydrogen-bond donors (Lipinski definition) is 0. The van der Waals surface area contributed by atoms with Crippen LogP contribution in [-0.4, -0.2) is 11.8 Å². The molecule has 3 nitrogen and oxygen atoms in total. The topological polar surface area (TPSA) is 43.4 Å². The van der Waals surface area contributed by atoms with Gasteiger partial charge in [0, 0.05) is 17.4 Å². The quantitative estimate of drug-likeness (QED) is 0.478. The molecule has 1 aliphatic rings. The van der Waals surface area contributed by atoms with E-state index in [9.17, 15) is 9.59 Å². The van der Waals surface area contributed by atoms with Gasteiger partial charge in [0.25, 0.3) is 0 Å². The Labute approximate surface area is 126 Å². The molecule has 0 unspecified atom stereocenters. The SMILES string of the molecule is CC(=O)Oc1cccc(/C=C2/Sc3ccccc3C2=O)c1. The van der Waals surface area contributed by atoms with Gasteiger partial charge in [-0.2, -0.15) is 0 Å². The van der Waals surface area contributed by atoms with Gasteiger partial charge >= 0.3 is 5.97 Å². The Morgan fingerprint density at radius 3 is 2.71 bits per heavy atom. The molecule has 0 fully saturated rings. The monoisotopic (exact) mass is 296 g/mol. The zero-order valence-corrected chi connectivity index (χ0v) is 12.1. The molecule has 0 spiro atoms. The van der Waals surface area contributed by atoms with Crippen LogP contribution < -0.4 is 4.74 Å². The van der Waals surface area contributed by atoms with Gasteiger partial charge < -0.3 is 4.74 Å². The number of carbonyl (C=O) groups is 2. The molecule has 3 rings (SSSR count). The second kappa shape index (κ2) is 5.58. The van der Waals surface area contributed by atoms with Crippen molar-refractivity contribution >= 4 is 29.6 Å². The summed E-state index contributed by atoms with van der Waals surface area (Å²) in [7, 11) is 0. The zero-order chi connectivity index (χ0) is 14.8. The summed E-state index contributed by atoms with van der Waals surface area (Å²) in [5.41, 5.74) is 1.57. The summed E-state index contributed by atoms with van der Waals surface area (Å²) in [6, 6.07) is 14.7. The third kappa shape index (κ3) is 2.90. The molecule has 104 valence electrons. The Morgan fingerprint density at radius 1 is 1.14 bits per heavy atom. The lowest BCUT2D eigenvalue weighted by molar-refractivity contribution is -0.131. The Bertz CT molecular complexity index is 762. The number of carbonyl (C=O) groups excluding carboxylic acids is 2. The predicted molar refractivity (Wildman–Crippen MR) is 82.4 cm³/mol. The van der Waals surface area contributed by atoms with E-state index >= 15 is 0 Å². The van der Waals surface area contributed by atoms with Crippen LogP contribution in [0.1, 0.15) is 22.8 Å². The van der Waals surface area contributed by atoms with Crippen LogP contribution in [0, 0.1) is 0 Å². The van der Waals surface area contributed by atoms with E-state index in [1.165, 1.54) is 18.7 Å². The van der Waals surface area contributed by atoms with E-state index in [1.807, 2.05) is 36.4 Å². The van der Waals surface area contributed by atoms with Crippen LogP contribution in [-0.2, 0) is 4.79 Å². The minimum atomic E-state index is -0.362. The van der Waals surface area contributed by atoms with Crippen molar-refractivity contribution in [2.45, 2.75) is 11.8 Å². The minimum Gasteiger partial charge on any atom is -0.427 e. The molecule has 0 radical (unpaired) electrons. The molecule has 0 aromatic heterocycles. The van der Waals surface area contributed by atoms with Crippen LogP contribution >= 0.6 is 11.8 Å². The van der Waals surface area contributed by atoms with Crippen molar-refractivity contribution in [3.8, 4) is 5.75 Å². The first-order valence-corrected chi connectivity index (χ1v) is 7.27. The Kier molecular flexibility index (Phi) is 3.62. The molecule has 1 aliphatic heterocycles. The number of Topliss-reactive ketones (excluding diaryl/α,β-unsaturated/α-hetero) is 1. The first kappa shape index (κ1) is 13.6. The molecular weight excluding hydrogens is 284 g/mol. The van der Waals surface area contributed by atoms with Gasteiger partial charge in [-0.15, -0.1) is 0 Å². The second-order valence-electron chi connectivity index (χ2n) is 4.60. The molecule has 2 aromatic rings. The average Bonchev–Trinajstić information content (AvgIpc) is 2.76. The molecule has 4 heteroatoms. The molecule has 0 amide bonds. The highest BCUT2D eigenvalue weighted by Crippen LogP contribution is 2.40. The third-order valence-corrected chi connectivity index (χ3v) is 4.09. The van der Waals surface area contributed by atoms with Crippen molar-refractivity contribution in [2.75, 3.05) is 0 Å². The maximum absolute atomic E-state index is 12.3. The smallest absolute Gasteiger partial charge is 0.308 e. The van der Waals surface area contributed by atoms with E-state index in [2.05, 4.69) is 0 Å². The standard InChI is InChI=1S/C17H12O3S/c1-11(18)20-13-6-4-5-12(9-13)10-16-17(19)14-7-2-3-8-15(14)21-16/h2-10H,1H3/b16-10+. The number of rotatable bonds is 2. The highest BCUT2D eigenvalue weighted by atomic mass is 32.2. The summed E-state index contributed by atoms with van der Waals surface area (Å²) in [4.78, 5) is 24.9. The van der Waals surface area contributed by atoms with Crippen molar-refractivity contribution in [3.63, 3.8) is 0 Å². The number of thioether (sulfide) groups is 1. The van der Waals surface area contributed by atoms with Gasteiger partial charge in [0.15, 0.2) is 0 Å². The van der Waals surface area contributed by atoms with E-state index in [1.54, 1.807) is 18.2 Å². The largest absolute Gasteiger partial charge is 0.427 e. The van der Waals surface area contributed by atoms with Crippen molar-refractivity contribution < 1.29 is 14.3 Å². The van der Waals surface area contributed by atoms with Gasteiger partial charge in [0.2, 0.25) is 5.78 Å². The van der Waals surface area contributed by atoms with E-state index < -0.39 is 0 Å². The van der Waals surface area contributed by atoms with Crippen LogP contribution in [0.15, 0.2) is 58.3 Å². The molecule has 2 aromatic carbocycles. The van der Waals surface area contributed by atoms with Gasteiger partial charge in [0.1, 0.15) is 5.75 Å². The Morgan fingerprint density at radius 2 is 1.95 bits per heavy atom. The molecule has 0 N–H and O–H groups in total. The van der Waals surface area contributed by atoms with Crippen molar-refractivity contribution in [1.29, 1.82) is 0 Å². The van der Waals surface area contributed by atoms with Gasteiger partial charge in [-0.25, -0.2) is 0 Å². The number of fused-ring (bicyclic) bond motifs is 1. The number of allylic oxidation sites excluding steroid dienone is 1. The maximum atomic E-state index is 12.3. The Hall–Kier alpha value is -2.33. The van der Waals surface area contributed by atoms with E-state index in [0.717, 1.165) is 16.0 Å². The van der Waals surface area contributed by atoms with Crippen molar-refractivity contribution in [1.82, 2.24) is 0 Å². The van der Waals surface area contributed by atoms with Crippen LogP contribution in [0.25, 0.3) is 6.08 Å².